The molecule has 1 rings (SSSR count). The molecule has 0 radical (unpaired) electrons. The van der Waals surface area contributed by atoms with Crippen molar-refractivity contribution in [3.8, 4) is 0 Å². The highest BCUT2D eigenvalue weighted by molar-refractivity contribution is 14.0. The largest absolute Gasteiger partial charge is 0.379 e. The van der Waals surface area contributed by atoms with E-state index in [1.165, 1.54) is 5.01 Å². The van der Waals surface area contributed by atoms with Gasteiger partial charge in [0.05, 0.1) is 37.1 Å². The van der Waals surface area contributed by atoms with E-state index in [-0.39, 0.29) is 24.0 Å². The molecule has 0 atom stereocenters. The third-order valence-electron chi connectivity index (χ3n) is 3.12. The van der Waals surface area contributed by atoms with E-state index in [1.807, 2.05) is 0 Å². The maximum absolute atomic E-state index is 5.51. The Hall–Kier alpha value is -0.450. The molecule has 6 nitrogen and oxygen atoms in total. The first-order valence-electron chi connectivity index (χ1n) is 8.33. The van der Waals surface area contributed by atoms with Gasteiger partial charge in [0.1, 0.15) is 0 Å². The second-order valence-electron chi connectivity index (χ2n) is 5.02. The Morgan fingerprint density at radius 3 is 2.54 bits per heavy atom. The van der Waals surface area contributed by atoms with E-state index in [4.69, 9.17) is 9.47 Å². The summed E-state index contributed by atoms with van der Waals surface area (Å²) in [5.41, 5.74) is 1.05. The fraction of sp³-hybridized carbons (Fsp3) is 0.750. The van der Waals surface area contributed by atoms with E-state index in [9.17, 15) is 0 Å². The molecule has 24 heavy (non-hydrogen) atoms. The summed E-state index contributed by atoms with van der Waals surface area (Å²) in [7, 11) is 1.76. The summed E-state index contributed by atoms with van der Waals surface area (Å²) >= 11 is 1.70. The van der Waals surface area contributed by atoms with Crippen molar-refractivity contribution in [1.82, 2.24) is 15.6 Å². The zero-order valence-corrected chi connectivity index (χ0v) is 18.1. The average Bonchev–Trinajstić information content (AvgIpc) is 3.04. The van der Waals surface area contributed by atoms with E-state index in [0.717, 1.165) is 37.5 Å². The number of hydrogen-bond acceptors (Lipinski definition) is 5. The number of guanidine groups is 1. The Balaban J connectivity index is 0.00000529. The van der Waals surface area contributed by atoms with Gasteiger partial charge in [-0.3, -0.25) is 4.99 Å². The number of rotatable bonds is 12. The molecule has 0 amide bonds. The highest BCUT2D eigenvalue weighted by atomic mass is 127. The van der Waals surface area contributed by atoms with Gasteiger partial charge in [-0.05, 0) is 12.8 Å². The number of aromatic nitrogens is 1. The Bertz CT molecular complexity index is 443. The quantitative estimate of drug-likeness (QED) is 0.213. The van der Waals surface area contributed by atoms with E-state index in [1.54, 1.807) is 18.4 Å². The molecule has 0 aromatic carbocycles. The van der Waals surface area contributed by atoms with E-state index in [2.05, 4.69) is 39.8 Å². The molecule has 0 aliphatic carbocycles. The molecule has 0 fully saturated rings. The minimum atomic E-state index is 0. The van der Waals surface area contributed by atoms with Crippen molar-refractivity contribution < 1.29 is 9.47 Å². The number of aliphatic imine (C=N–C) groups is 1. The number of aryl methyl sites for hydroxylation is 1. The molecular weight excluding hydrogens is 439 g/mol. The van der Waals surface area contributed by atoms with Gasteiger partial charge < -0.3 is 20.1 Å². The lowest BCUT2D eigenvalue weighted by Crippen LogP contribution is -2.38. The number of unbranched alkanes of at least 4 members (excludes halogenated alkanes) is 1. The molecular formula is C16H31IN4O2S. The standard InChI is InChI=1S/C16H30N4O2S.HI/c1-4-6-8-21-10-11-22-9-7-18-16(17-3)19-12-14-13-23-15(5-2)20-14;/h13H,4-12H2,1-3H3,(H2,17,18,19);1H. The number of nitrogens with zero attached hydrogens (tertiary/aromatic N) is 2. The van der Waals surface area contributed by atoms with Crippen molar-refractivity contribution in [3.05, 3.63) is 16.1 Å². The fourth-order valence-electron chi connectivity index (χ4n) is 1.80. The third kappa shape index (κ3) is 11.2. The Labute approximate surface area is 166 Å². The molecule has 0 spiro atoms. The maximum atomic E-state index is 5.51. The van der Waals surface area contributed by atoms with Crippen molar-refractivity contribution in [2.24, 2.45) is 4.99 Å². The molecule has 140 valence electrons. The number of thiazole rings is 1. The van der Waals surface area contributed by atoms with E-state index in [0.29, 0.717) is 32.9 Å². The summed E-state index contributed by atoms with van der Waals surface area (Å²) in [4.78, 5) is 8.71. The number of ether oxygens (including phenoxy) is 2. The molecule has 0 aliphatic rings. The molecule has 0 saturated carbocycles. The van der Waals surface area contributed by atoms with Crippen molar-refractivity contribution >= 4 is 41.3 Å². The summed E-state index contributed by atoms with van der Waals surface area (Å²) in [5, 5.41) is 9.72. The maximum Gasteiger partial charge on any atom is 0.191 e. The Morgan fingerprint density at radius 1 is 1.17 bits per heavy atom. The molecule has 0 unspecified atom stereocenters. The smallest absolute Gasteiger partial charge is 0.191 e. The van der Waals surface area contributed by atoms with Gasteiger partial charge in [-0.1, -0.05) is 20.3 Å². The predicted octanol–water partition coefficient (Wildman–Crippen LogP) is 2.82. The summed E-state index contributed by atoms with van der Waals surface area (Å²) in [6.07, 6.45) is 3.26. The van der Waals surface area contributed by atoms with E-state index < -0.39 is 0 Å². The van der Waals surface area contributed by atoms with Crippen LogP contribution in [0.5, 0.6) is 0 Å². The van der Waals surface area contributed by atoms with Gasteiger partial charge in [0, 0.05) is 25.6 Å². The van der Waals surface area contributed by atoms with Crippen LogP contribution in [0, 0.1) is 0 Å². The molecule has 2 N–H and O–H groups in total. The highest BCUT2D eigenvalue weighted by Crippen LogP contribution is 2.09. The van der Waals surface area contributed by atoms with Gasteiger partial charge >= 0.3 is 0 Å². The SMILES string of the molecule is CCCCOCCOCCNC(=NC)NCc1csc(CC)n1.I. The van der Waals surface area contributed by atoms with Crippen LogP contribution in [-0.4, -0.2) is 51.0 Å². The first-order valence-corrected chi connectivity index (χ1v) is 9.21. The second kappa shape index (κ2) is 16.0. The van der Waals surface area contributed by atoms with Crippen molar-refractivity contribution in [2.75, 3.05) is 40.0 Å². The van der Waals surface area contributed by atoms with Crippen LogP contribution in [-0.2, 0) is 22.4 Å². The van der Waals surface area contributed by atoms with Crippen LogP contribution in [0.1, 0.15) is 37.4 Å². The van der Waals surface area contributed by atoms with Crippen LogP contribution in [0.3, 0.4) is 0 Å². The first-order chi connectivity index (χ1) is 11.3. The normalized spacial score (nSPS) is 11.2. The first kappa shape index (κ1) is 23.5. The fourth-order valence-corrected chi connectivity index (χ4v) is 2.54. The number of halogens is 1. The Kier molecular flexibility index (Phi) is 15.7. The molecule has 1 heterocycles. The molecule has 1 aromatic heterocycles. The van der Waals surface area contributed by atoms with Crippen LogP contribution in [0.25, 0.3) is 0 Å². The van der Waals surface area contributed by atoms with Gasteiger partial charge in [-0.15, -0.1) is 35.3 Å². The lowest BCUT2D eigenvalue weighted by atomic mass is 10.4. The van der Waals surface area contributed by atoms with Gasteiger partial charge in [0.25, 0.3) is 0 Å². The van der Waals surface area contributed by atoms with Crippen LogP contribution in [0.4, 0.5) is 0 Å². The minimum Gasteiger partial charge on any atom is -0.379 e. The predicted molar refractivity (Wildman–Crippen MR) is 112 cm³/mol. The van der Waals surface area contributed by atoms with Crippen molar-refractivity contribution in [1.29, 1.82) is 0 Å². The second-order valence-corrected chi connectivity index (χ2v) is 5.96. The van der Waals surface area contributed by atoms with Crippen LogP contribution in [0.2, 0.25) is 0 Å². The van der Waals surface area contributed by atoms with Crippen molar-refractivity contribution in [3.63, 3.8) is 0 Å². The lowest BCUT2D eigenvalue weighted by molar-refractivity contribution is 0.0487. The van der Waals surface area contributed by atoms with E-state index >= 15 is 0 Å². The zero-order chi connectivity index (χ0) is 16.8. The summed E-state index contributed by atoms with van der Waals surface area (Å²) < 4.78 is 10.9. The van der Waals surface area contributed by atoms with Crippen molar-refractivity contribution in [2.45, 2.75) is 39.7 Å². The highest BCUT2D eigenvalue weighted by Gasteiger charge is 2.02. The van der Waals surface area contributed by atoms with Gasteiger partial charge in [-0.25, -0.2) is 4.98 Å². The van der Waals surface area contributed by atoms with Crippen LogP contribution in [0.15, 0.2) is 10.4 Å². The monoisotopic (exact) mass is 470 g/mol. The van der Waals surface area contributed by atoms with Crippen LogP contribution >= 0.6 is 35.3 Å². The third-order valence-corrected chi connectivity index (χ3v) is 4.16. The topological polar surface area (TPSA) is 67.8 Å². The summed E-state index contributed by atoms with van der Waals surface area (Å²) in [5.74, 6) is 0.763. The van der Waals surface area contributed by atoms with Gasteiger partial charge in [0.2, 0.25) is 0 Å². The molecule has 8 heteroatoms. The molecule has 0 bridgehead atoms. The Morgan fingerprint density at radius 2 is 1.92 bits per heavy atom. The average molecular weight is 470 g/mol. The minimum absolute atomic E-state index is 0. The lowest BCUT2D eigenvalue weighted by Gasteiger charge is -2.11. The summed E-state index contributed by atoms with van der Waals surface area (Å²) in [6.45, 7) is 8.43. The number of nitrogens with one attached hydrogen (secondary N) is 2. The van der Waals surface area contributed by atoms with Gasteiger partial charge in [-0.2, -0.15) is 0 Å². The van der Waals surface area contributed by atoms with Gasteiger partial charge in [0.15, 0.2) is 5.96 Å². The molecule has 1 aromatic rings. The summed E-state index contributed by atoms with van der Waals surface area (Å²) in [6, 6.07) is 0. The number of hydrogen-bond donors (Lipinski definition) is 2. The zero-order valence-electron chi connectivity index (χ0n) is 15.0. The van der Waals surface area contributed by atoms with Crippen LogP contribution < -0.4 is 10.6 Å². The molecule has 0 saturated heterocycles. The molecule has 0 aliphatic heterocycles.